The fourth-order valence-corrected chi connectivity index (χ4v) is 6.44. The van der Waals surface area contributed by atoms with Crippen molar-refractivity contribution in [2.24, 2.45) is 10.8 Å². The van der Waals surface area contributed by atoms with Gasteiger partial charge in [-0.3, -0.25) is 14.9 Å². The Morgan fingerprint density at radius 1 is 1.27 bits per heavy atom. The summed E-state index contributed by atoms with van der Waals surface area (Å²) in [7, 11) is 2.08. The fraction of sp³-hybridized carbons (Fsp3) is 0.737. The average Bonchev–Trinajstić information content (AvgIpc) is 3.02. The molecule has 2 fully saturated rings. The monoisotopic (exact) mass is 376 g/mol. The van der Waals surface area contributed by atoms with Crippen molar-refractivity contribution in [2.45, 2.75) is 59.0 Å². The van der Waals surface area contributed by atoms with E-state index in [0.717, 1.165) is 44.5 Å². The molecular weight excluding hydrogens is 348 g/mol. The van der Waals surface area contributed by atoms with Crippen LogP contribution in [0.4, 0.5) is 5.13 Å². The summed E-state index contributed by atoms with van der Waals surface area (Å²) in [5, 5.41) is 3.32. The van der Waals surface area contributed by atoms with Gasteiger partial charge in [-0.2, -0.15) is 0 Å². The van der Waals surface area contributed by atoms with Crippen LogP contribution >= 0.6 is 11.3 Å². The van der Waals surface area contributed by atoms with E-state index < -0.39 is 11.8 Å². The third kappa shape index (κ3) is 3.27. The van der Waals surface area contributed by atoms with Gasteiger partial charge in [-0.05, 0) is 37.1 Å². The van der Waals surface area contributed by atoms with E-state index in [4.69, 9.17) is 0 Å². The zero-order chi connectivity index (χ0) is 18.7. The number of fused-ring (bicyclic) bond motifs is 3. The molecule has 2 bridgehead atoms. The molecule has 2 aliphatic heterocycles. The second-order valence-corrected chi connectivity index (χ2v) is 10.6. The molecule has 2 atom stereocenters. The van der Waals surface area contributed by atoms with E-state index in [1.54, 1.807) is 0 Å². The predicted octanol–water partition coefficient (Wildman–Crippen LogP) is 2.50. The van der Waals surface area contributed by atoms with Crippen LogP contribution in [0, 0.1) is 10.8 Å². The quantitative estimate of drug-likeness (QED) is 0.765. The molecule has 1 saturated carbocycles. The Morgan fingerprint density at radius 2 is 2.04 bits per heavy atom. The first kappa shape index (κ1) is 17.9. The van der Waals surface area contributed by atoms with Gasteiger partial charge in [0.2, 0.25) is 0 Å². The zero-order valence-electron chi connectivity index (χ0n) is 16.1. The zero-order valence-corrected chi connectivity index (χ0v) is 16.9. The maximum absolute atomic E-state index is 12.8. The number of hydrogen-bond donors (Lipinski definition) is 1. The lowest BCUT2D eigenvalue weighted by molar-refractivity contribution is -0.144. The molecule has 1 aromatic heterocycles. The van der Waals surface area contributed by atoms with Crippen LogP contribution in [-0.4, -0.2) is 52.8 Å². The van der Waals surface area contributed by atoms with Crippen molar-refractivity contribution in [3.05, 3.63) is 10.6 Å². The molecule has 1 N–H and O–H groups in total. The van der Waals surface area contributed by atoms with Crippen molar-refractivity contribution >= 4 is 28.3 Å². The van der Waals surface area contributed by atoms with E-state index in [-0.39, 0.29) is 16.9 Å². The molecule has 0 spiro atoms. The number of likely N-dealkylation sites (tertiary alicyclic amines) is 1. The molecular formula is C19H28N4O2S. The molecule has 4 rings (SSSR count). The van der Waals surface area contributed by atoms with Crippen LogP contribution in [0.1, 0.15) is 50.6 Å². The summed E-state index contributed by atoms with van der Waals surface area (Å²) in [5.41, 5.74) is 1.42. The van der Waals surface area contributed by atoms with Crippen molar-refractivity contribution in [3.8, 4) is 0 Å². The van der Waals surface area contributed by atoms with Crippen LogP contribution in [-0.2, 0) is 22.6 Å². The molecule has 142 valence electrons. The first-order valence-electron chi connectivity index (χ1n) is 9.43. The fourth-order valence-electron chi connectivity index (χ4n) is 5.36. The molecule has 2 amide bonds. The number of aromatic nitrogens is 1. The third-order valence-electron chi connectivity index (χ3n) is 6.01. The normalized spacial score (nSPS) is 30.2. The minimum absolute atomic E-state index is 0.132. The van der Waals surface area contributed by atoms with Gasteiger partial charge < -0.3 is 9.80 Å². The number of likely N-dealkylation sites (N-methyl/N-ethyl adjacent to an activating group) is 1. The highest BCUT2D eigenvalue weighted by molar-refractivity contribution is 7.16. The van der Waals surface area contributed by atoms with E-state index >= 15 is 0 Å². The van der Waals surface area contributed by atoms with Gasteiger partial charge in [0.05, 0.1) is 5.69 Å². The Balaban J connectivity index is 1.45. The van der Waals surface area contributed by atoms with Gasteiger partial charge in [0.25, 0.3) is 0 Å². The second-order valence-electron chi connectivity index (χ2n) is 9.48. The van der Waals surface area contributed by atoms with Gasteiger partial charge in [-0.15, -0.1) is 11.3 Å². The molecule has 3 aliphatic rings. The van der Waals surface area contributed by atoms with Gasteiger partial charge in [-0.1, -0.05) is 20.8 Å². The highest BCUT2D eigenvalue weighted by atomic mass is 32.1. The molecule has 26 heavy (non-hydrogen) atoms. The predicted molar refractivity (Wildman–Crippen MR) is 102 cm³/mol. The Bertz CT molecular complexity index is 759. The van der Waals surface area contributed by atoms with Gasteiger partial charge in [0.15, 0.2) is 5.13 Å². The van der Waals surface area contributed by atoms with Crippen LogP contribution in [0.3, 0.4) is 0 Å². The van der Waals surface area contributed by atoms with Crippen molar-refractivity contribution < 1.29 is 9.59 Å². The van der Waals surface area contributed by atoms with E-state index in [2.05, 4.69) is 43.0 Å². The molecule has 6 nitrogen and oxygen atoms in total. The molecule has 0 radical (unpaired) electrons. The number of carbonyl (C=O) groups is 2. The van der Waals surface area contributed by atoms with Crippen LogP contribution in [0.15, 0.2) is 0 Å². The maximum Gasteiger partial charge on any atom is 0.315 e. The summed E-state index contributed by atoms with van der Waals surface area (Å²) >= 11 is 1.49. The highest BCUT2D eigenvalue weighted by Gasteiger charge is 2.51. The van der Waals surface area contributed by atoms with Crippen LogP contribution in [0.25, 0.3) is 0 Å². The lowest BCUT2D eigenvalue weighted by Gasteiger charge is -2.39. The number of hydrogen-bond acceptors (Lipinski definition) is 5. The molecule has 7 heteroatoms. The maximum atomic E-state index is 12.8. The number of amides is 2. The first-order valence-corrected chi connectivity index (χ1v) is 10.2. The molecule has 1 saturated heterocycles. The van der Waals surface area contributed by atoms with Gasteiger partial charge in [0, 0.05) is 37.0 Å². The lowest BCUT2D eigenvalue weighted by Crippen LogP contribution is -2.43. The Morgan fingerprint density at radius 3 is 2.81 bits per heavy atom. The number of anilines is 1. The third-order valence-corrected chi connectivity index (χ3v) is 7.01. The van der Waals surface area contributed by atoms with Crippen molar-refractivity contribution in [1.82, 2.24) is 14.8 Å². The van der Waals surface area contributed by atoms with E-state index in [0.29, 0.717) is 11.7 Å². The summed E-state index contributed by atoms with van der Waals surface area (Å²) in [6.07, 6.45) is 3.98. The van der Waals surface area contributed by atoms with Gasteiger partial charge in [-0.25, -0.2) is 4.98 Å². The smallest absolute Gasteiger partial charge is 0.315 e. The van der Waals surface area contributed by atoms with Gasteiger partial charge >= 0.3 is 11.8 Å². The second kappa shape index (κ2) is 6.02. The summed E-state index contributed by atoms with van der Waals surface area (Å²) in [4.78, 5) is 35.2. The van der Waals surface area contributed by atoms with Crippen molar-refractivity contribution in [1.29, 1.82) is 0 Å². The Kier molecular flexibility index (Phi) is 4.15. The minimum Gasteiger partial charge on any atom is -0.331 e. The summed E-state index contributed by atoms with van der Waals surface area (Å²) < 4.78 is 0. The summed E-state index contributed by atoms with van der Waals surface area (Å²) in [5.74, 6) is -0.944. The number of nitrogens with one attached hydrogen (secondary N) is 1. The lowest BCUT2D eigenvalue weighted by atomic mass is 9.65. The van der Waals surface area contributed by atoms with Crippen LogP contribution in [0.2, 0.25) is 0 Å². The summed E-state index contributed by atoms with van der Waals surface area (Å²) in [6.45, 7) is 9.31. The van der Waals surface area contributed by atoms with Crippen molar-refractivity contribution in [2.75, 3.05) is 25.5 Å². The van der Waals surface area contributed by atoms with E-state index in [1.165, 1.54) is 16.2 Å². The standard InChI is InChI=1S/C19H28N4O2S/c1-18(2)7-12-8-19(3,10-18)11-23(12)16(25)15(24)21-17-20-13-5-6-22(4)9-14(13)26-17/h12H,5-11H2,1-4H3,(H,20,21,24). The first-order chi connectivity index (χ1) is 12.1. The van der Waals surface area contributed by atoms with E-state index in [1.807, 2.05) is 4.90 Å². The van der Waals surface area contributed by atoms with Crippen molar-refractivity contribution in [3.63, 3.8) is 0 Å². The molecule has 1 aliphatic carbocycles. The SMILES string of the molecule is CN1CCc2nc(NC(=O)C(=O)N3CC4(C)CC3CC(C)(C)C4)sc2C1. The Hall–Kier alpha value is -1.47. The van der Waals surface area contributed by atoms with E-state index in [9.17, 15) is 9.59 Å². The highest BCUT2D eigenvalue weighted by Crippen LogP contribution is 2.52. The Labute approximate surface area is 159 Å². The average molecular weight is 377 g/mol. The number of rotatable bonds is 1. The number of thiazole rings is 1. The number of carbonyl (C=O) groups excluding carboxylic acids is 2. The molecule has 2 unspecified atom stereocenters. The topological polar surface area (TPSA) is 65.5 Å². The van der Waals surface area contributed by atoms with Gasteiger partial charge in [0.1, 0.15) is 0 Å². The number of nitrogens with zero attached hydrogens (tertiary/aromatic N) is 3. The molecule has 1 aromatic rings. The minimum atomic E-state index is -0.543. The molecule has 0 aromatic carbocycles. The largest absolute Gasteiger partial charge is 0.331 e. The summed E-state index contributed by atoms with van der Waals surface area (Å²) in [6, 6.07) is 0.181. The molecule has 3 heterocycles. The van der Waals surface area contributed by atoms with Crippen LogP contribution < -0.4 is 5.32 Å². The van der Waals surface area contributed by atoms with Crippen LogP contribution in [0.5, 0.6) is 0 Å².